The van der Waals surface area contributed by atoms with Crippen molar-refractivity contribution in [2.24, 2.45) is 0 Å². The van der Waals surface area contributed by atoms with Crippen LogP contribution in [0.2, 0.25) is 0 Å². The standard InChI is InChI=1S/C13H23N5O2S/c1-7-14-10-15-11(18(5)6)17-12(16-10)21-8-9(19)20-13(2,3)4/h7-8H2,1-6H3,(H,14,15,16,17). The van der Waals surface area contributed by atoms with Crippen molar-refractivity contribution in [2.45, 2.75) is 38.5 Å². The number of esters is 1. The molecule has 0 spiro atoms. The summed E-state index contributed by atoms with van der Waals surface area (Å²) in [5.74, 6) is 0.930. The first-order valence-electron chi connectivity index (χ1n) is 6.73. The second kappa shape index (κ2) is 7.44. The largest absolute Gasteiger partial charge is 0.459 e. The topological polar surface area (TPSA) is 80.2 Å². The normalized spacial score (nSPS) is 11.1. The lowest BCUT2D eigenvalue weighted by Gasteiger charge is -2.19. The molecule has 0 aliphatic heterocycles. The molecule has 1 heterocycles. The van der Waals surface area contributed by atoms with Crippen molar-refractivity contribution >= 4 is 29.6 Å². The average molecular weight is 313 g/mol. The second-order valence-corrected chi connectivity index (χ2v) is 6.48. The van der Waals surface area contributed by atoms with Crippen LogP contribution in [0.5, 0.6) is 0 Å². The lowest BCUT2D eigenvalue weighted by molar-refractivity contribution is -0.151. The summed E-state index contributed by atoms with van der Waals surface area (Å²) in [6.07, 6.45) is 0. The Morgan fingerprint density at radius 2 is 1.95 bits per heavy atom. The van der Waals surface area contributed by atoms with E-state index in [-0.39, 0.29) is 11.7 Å². The fourth-order valence-electron chi connectivity index (χ4n) is 1.34. The maximum absolute atomic E-state index is 11.7. The monoisotopic (exact) mass is 313 g/mol. The van der Waals surface area contributed by atoms with Gasteiger partial charge in [0.2, 0.25) is 11.9 Å². The smallest absolute Gasteiger partial charge is 0.316 e. The molecule has 8 heteroatoms. The van der Waals surface area contributed by atoms with Crippen LogP contribution >= 0.6 is 11.8 Å². The van der Waals surface area contributed by atoms with E-state index < -0.39 is 5.60 Å². The highest BCUT2D eigenvalue weighted by atomic mass is 32.2. The number of aromatic nitrogens is 3. The molecule has 0 aliphatic rings. The summed E-state index contributed by atoms with van der Waals surface area (Å²) in [4.78, 5) is 26.4. The quantitative estimate of drug-likeness (QED) is 0.629. The first-order valence-corrected chi connectivity index (χ1v) is 7.71. The second-order valence-electron chi connectivity index (χ2n) is 5.54. The fourth-order valence-corrected chi connectivity index (χ4v) is 1.95. The molecule has 1 aromatic heterocycles. The summed E-state index contributed by atoms with van der Waals surface area (Å²) in [5, 5.41) is 3.55. The highest BCUT2D eigenvalue weighted by Crippen LogP contribution is 2.19. The molecule has 0 saturated carbocycles. The van der Waals surface area contributed by atoms with Gasteiger partial charge in [-0.15, -0.1) is 0 Å². The van der Waals surface area contributed by atoms with Gasteiger partial charge in [-0.2, -0.15) is 15.0 Å². The SMILES string of the molecule is CCNc1nc(SCC(=O)OC(C)(C)C)nc(N(C)C)n1. The number of rotatable bonds is 6. The van der Waals surface area contributed by atoms with E-state index in [1.54, 1.807) is 4.90 Å². The Morgan fingerprint density at radius 1 is 1.29 bits per heavy atom. The van der Waals surface area contributed by atoms with Crippen molar-refractivity contribution in [3.63, 3.8) is 0 Å². The molecule has 1 rings (SSSR count). The van der Waals surface area contributed by atoms with Gasteiger partial charge in [-0.25, -0.2) is 0 Å². The molecule has 0 fully saturated rings. The highest BCUT2D eigenvalue weighted by Gasteiger charge is 2.17. The predicted molar refractivity (Wildman–Crippen MR) is 84.9 cm³/mol. The third kappa shape index (κ3) is 6.61. The maximum atomic E-state index is 11.7. The van der Waals surface area contributed by atoms with E-state index in [1.165, 1.54) is 11.8 Å². The molecule has 0 saturated heterocycles. The fraction of sp³-hybridized carbons (Fsp3) is 0.692. The van der Waals surface area contributed by atoms with Crippen LogP contribution in [0.15, 0.2) is 5.16 Å². The number of thioether (sulfide) groups is 1. The molecule has 1 aromatic rings. The Morgan fingerprint density at radius 3 is 2.48 bits per heavy atom. The summed E-state index contributed by atoms with van der Waals surface area (Å²) in [6.45, 7) is 8.20. The van der Waals surface area contributed by atoms with Crippen LogP contribution in [0.25, 0.3) is 0 Å². The van der Waals surface area contributed by atoms with Gasteiger partial charge in [-0.3, -0.25) is 4.79 Å². The van der Waals surface area contributed by atoms with Gasteiger partial charge in [-0.05, 0) is 27.7 Å². The van der Waals surface area contributed by atoms with Crippen LogP contribution in [0.3, 0.4) is 0 Å². The molecule has 118 valence electrons. The molecular weight excluding hydrogens is 290 g/mol. The van der Waals surface area contributed by atoms with E-state index in [0.29, 0.717) is 23.6 Å². The Labute approximate surface area is 129 Å². The van der Waals surface area contributed by atoms with Gasteiger partial charge in [-0.1, -0.05) is 11.8 Å². The zero-order valence-electron chi connectivity index (χ0n) is 13.4. The van der Waals surface area contributed by atoms with Gasteiger partial charge in [0.05, 0.1) is 5.75 Å². The van der Waals surface area contributed by atoms with E-state index in [4.69, 9.17) is 4.74 Å². The van der Waals surface area contributed by atoms with Gasteiger partial charge in [0.25, 0.3) is 0 Å². The zero-order valence-corrected chi connectivity index (χ0v) is 14.2. The Kier molecular flexibility index (Phi) is 6.19. The Hall–Kier alpha value is -1.57. The number of hydrogen-bond donors (Lipinski definition) is 1. The molecule has 0 unspecified atom stereocenters. The molecule has 0 amide bonds. The summed E-state index contributed by atoms with van der Waals surface area (Å²) in [5.41, 5.74) is -0.486. The molecule has 0 atom stereocenters. The maximum Gasteiger partial charge on any atom is 0.316 e. The lowest BCUT2D eigenvalue weighted by atomic mass is 10.2. The number of carbonyl (C=O) groups excluding carboxylic acids is 1. The summed E-state index contributed by atoms with van der Waals surface area (Å²) >= 11 is 1.24. The lowest BCUT2D eigenvalue weighted by Crippen LogP contribution is -2.25. The van der Waals surface area contributed by atoms with E-state index >= 15 is 0 Å². The molecular formula is C13H23N5O2S. The van der Waals surface area contributed by atoms with Gasteiger partial charge in [0, 0.05) is 20.6 Å². The van der Waals surface area contributed by atoms with Gasteiger partial charge < -0.3 is 15.0 Å². The summed E-state index contributed by atoms with van der Waals surface area (Å²) in [6, 6.07) is 0. The Balaban J connectivity index is 2.75. The van der Waals surface area contributed by atoms with E-state index in [2.05, 4.69) is 20.3 Å². The number of hydrogen-bond acceptors (Lipinski definition) is 8. The summed E-state index contributed by atoms with van der Waals surface area (Å²) in [7, 11) is 3.71. The third-order valence-corrected chi connectivity index (χ3v) is 2.90. The number of nitrogens with one attached hydrogen (secondary N) is 1. The van der Waals surface area contributed by atoms with Gasteiger partial charge in [0.15, 0.2) is 5.16 Å². The molecule has 1 N–H and O–H groups in total. The molecule has 0 radical (unpaired) electrons. The van der Waals surface area contributed by atoms with Crippen LogP contribution in [0.1, 0.15) is 27.7 Å². The van der Waals surface area contributed by atoms with E-state index in [9.17, 15) is 4.79 Å². The minimum Gasteiger partial charge on any atom is -0.459 e. The van der Waals surface area contributed by atoms with Crippen molar-refractivity contribution in [3.05, 3.63) is 0 Å². The molecule has 21 heavy (non-hydrogen) atoms. The van der Waals surface area contributed by atoms with Gasteiger partial charge in [0.1, 0.15) is 5.60 Å². The van der Waals surface area contributed by atoms with Gasteiger partial charge >= 0.3 is 5.97 Å². The van der Waals surface area contributed by atoms with Crippen LogP contribution in [0.4, 0.5) is 11.9 Å². The predicted octanol–water partition coefficient (Wildman–Crippen LogP) is 1.80. The van der Waals surface area contributed by atoms with Crippen LogP contribution in [-0.2, 0) is 9.53 Å². The molecule has 7 nitrogen and oxygen atoms in total. The number of ether oxygens (including phenoxy) is 1. The van der Waals surface area contributed by atoms with Crippen molar-refractivity contribution < 1.29 is 9.53 Å². The third-order valence-electron chi connectivity index (χ3n) is 2.08. The van der Waals surface area contributed by atoms with Crippen molar-refractivity contribution in [2.75, 3.05) is 36.6 Å². The van der Waals surface area contributed by atoms with Crippen molar-refractivity contribution in [3.8, 4) is 0 Å². The first kappa shape index (κ1) is 17.5. The number of carbonyl (C=O) groups is 1. The minimum atomic E-state index is -0.486. The Bertz CT molecular complexity index is 488. The molecule has 0 aliphatic carbocycles. The first-order chi connectivity index (χ1) is 9.71. The van der Waals surface area contributed by atoms with Crippen molar-refractivity contribution in [1.82, 2.24) is 15.0 Å². The minimum absolute atomic E-state index is 0.166. The molecule has 0 aromatic carbocycles. The number of anilines is 2. The number of nitrogens with zero attached hydrogens (tertiary/aromatic N) is 4. The highest BCUT2D eigenvalue weighted by molar-refractivity contribution is 7.99. The zero-order chi connectivity index (χ0) is 16.0. The van der Waals surface area contributed by atoms with Crippen LogP contribution in [0, 0.1) is 0 Å². The van der Waals surface area contributed by atoms with E-state index in [1.807, 2.05) is 41.8 Å². The summed E-state index contributed by atoms with van der Waals surface area (Å²) < 4.78 is 5.26. The van der Waals surface area contributed by atoms with E-state index in [0.717, 1.165) is 0 Å². The van der Waals surface area contributed by atoms with Crippen molar-refractivity contribution in [1.29, 1.82) is 0 Å². The average Bonchev–Trinajstić information content (AvgIpc) is 2.34. The molecule has 0 bridgehead atoms. The van der Waals surface area contributed by atoms with Crippen LogP contribution < -0.4 is 10.2 Å². The van der Waals surface area contributed by atoms with Crippen LogP contribution in [-0.4, -0.2) is 52.9 Å².